The summed E-state index contributed by atoms with van der Waals surface area (Å²) in [6.45, 7) is 12.4. The lowest BCUT2D eigenvalue weighted by Gasteiger charge is -2.35. The largest absolute Gasteiger partial charge is 0.450 e. The van der Waals surface area contributed by atoms with Gasteiger partial charge in [0.2, 0.25) is 0 Å². The van der Waals surface area contributed by atoms with E-state index in [1.807, 2.05) is 34.6 Å². The van der Waals surface area contributed by atoms with Crippen molar-refractivity contribution in [2.75, 3.05) is 26.2 Å². The van der Waals surface area contributed by atoms with Crippen LogP contribution in [-0.2, 0) is 22.4 Å². The SMILES string of the molecule is CCOC(=O)N1CCc2c(nc(C)n2C2CCN(C(=O)OC(C)(C)C)CC2)C1. The normalized spacial score (nSPS) is 18.0. The summed E-state index contributed by atoms with van der Waals surface area (Å²) < 4.78 is 12.9. The van der Waals surface area contributed by atoms with Crippen LogP contribution in [-0.4, -0.2) is 63.4 Å². The summed E-state index contributed by atoms with van der Waals surface area (Å²) in [5, 5.41) is 0. The lowest BCUT2D eigenvalue weighted by Crippen LogP contribution is -2.42. The van der Waals surface area contributed by atoms with E-state index in [4.69, 9.17) is 14.5 Å². The highest BCUT2D eigenvalue weighted by molar-refractivity contribution is 5.68. The first-order valence-electron chi connectivity index (χ1n) is 10.2. The summed E-state index contributed by atoms with van der Waals surface area (Å²) >= 11 is 0. The van der Waals surface area contributed by atoms with Crippen molar-refractivity contribution in [2.24, 2.45) is 0 Å². The van der Waals surface area contributed by atoms with Crippen LogP contribution in [0.25, 0.3) is 0 Å². The van der Waals surface area contributed by atoms with Crippen LogP contribution < -0.4 is 0 Å². The van der Waals surface area contributed by atoms with E-state index in [0.29, 0.717) is 38.8 Å². The van der Waals surface area contributed by atoms with Crippen LogP contribution in [0.3, 0.4) is 0 Å². The minimum Gasteiger partial charge on any atom is -0.450 e. The van der Waals surface area contributed by atoms with Crippen molar-refractivity contribution >= 4 is 12.2 Å². The fourth-order valence-corrected chi connectivity index (χ4v) is 4.03. The van der Waals surface area contributed by atoms with Crippen molar-refractivity contribution in [3.05, 3.63) is 17.2 Å². The molecule has 0 aliphatic carbocycles. The molecule has 0 unspecified atom stereocenters. The number of fused-ring (bicyclic) bond motifs is 1. The van der Waals surface area contributed by atoms with Crippen LogP contribution in [0.15, 0.2) is 0 Å². The lowest BCUT2D eigenvalue weighted by atomic mass is 10.0. The maximum atomic E-state index is 12.3. The Morgan fingerprint density at radius 2 is 1.79 bits per heavy atom. The van der Waals surface area contributed by atoms with Crippen molar-refractivity contribution < 1.29 is 19.1 Å². The number of aromatic nitrogens is 2. The van der Waals surface area contributed by atoms with Crippen LogP contribution in [0.1, 0.15) is 63.8 Å². The number of aryl methyl sites for hydroxylation is 1. The molecule has 0 spiro atoms. The molecular weight excluding hydrogens is 360 g/mol. The summed E-state index contributed by atoms with van der Waals surface area (Å²) in [4.78, 5) is 32.6. The van der Waals surface area contributed by atoms with Gasteiger partial charge >= 0.3 is 12.2 Å². The van der Waals surface area contributed by atoms with Gasteiger partial charge in [-0.15, -0.1) is 0 Å². The number of amides is 2. The third-order valence-corrected chi connectivity index (χ3v) is 5.24. The van der Waals surface area contributed by atoms with Crippen molar-refractivity contribution in [1.82, 2.24) is 19.4 Å². The number of carbonyl (C=O) groups excluding carboxylic acids is 2. The van der Waals surface area contributed by atoms with Crippen LogP contribution in [0.5, 0.6) is 0 Å². The molecule has 3 rings (SSSR count). The maximum absolute atomic E-state index is 12.3. The number of piperidine rings is 1. The van der Waals surface area contributed by atoms with Gasteiger partial charge < -0.3 is 23.8 Å². The highest BCUT2D eigenvalue weighted by Crippen LogP contribution is 2.30. The number of nitrogens with zero attached hydrogens (tertiary/aromatic N) is 4. The standard InChI is InChI=1S/C20H32N4O4/c1-6-27-18(25)23-12-9-17-16(13-23)21-14(2)24(17)15-7-10-22(11-8-15)19(26)28-20(3,4)5/h15H,6-13H2,1-5H3. The zero-order chi connectivity index (χ0) is 20.5. The average Bonchev–Trinajstić information content (AvgIpc) is 2.95. The van der Waals surface area contributed by atoms with Gasteiger partial charge in [-0.25, -0.2) is 14.6 Å². The Balaban J connectivity index is 1.65. The van der Waals surface area contributed by atoms with Crippen LogP contribution >= 0.6 is 0 Å². The molecule has 1 aromatic rings. The van der Waals surface area contributed by atoms with E-state index in [9.17, 15) is 9.59 Å². The molecule has 2 aliphatic heterocycles. The number of likely N-dealkylation sites (tertiary alicyclic amines) is 1. The first-order chi connectivity index (χ1) is 13.2. The Morgan fingerprint density at radius 1 is 1.11 bits per heavy atom. The lowest BCUT2D eigenvalue weighted by molar-refractivity contribution is 0.0187. The highest BCUT2D eigenvalue weighted by Gasteiger charge is 2.32. The van der Waals surface area contributed by atoms with Gasteiger partial charge in [0.1, 0.15) is 11.4 Å². The van der Waals surface area contributed by atoms with Crippen molar-refractivity contribution in [3.63, 3.8) is 0 Å². The Hall–Kier alpha value is -2.25. The molecule has 1 aromatic heterocycles. The van der Waals surface area contributed by atoms with Gasteiger partial charge in [0, 0.05) is 37.8 Å². The molecule has 8 nitrogen and oxygen atoms in total. The number of hydrogen-bond acceptors (Lipinski definition) is 5. The zero-order valence-electron chi connectivity index (χ0n) is 17.7. The second kappa shape index (κ2) is 8.01. The second-order valence-electron chi connectivity index (χ2n) is 8.49. The fraction of sp³-hybridized carbons (Fsp3) is 0.750. The minimum absolute atomic E-state index is 0.236. The van der Waals surface area contributed by atoms with Gasteiger partial charge in [-0.05, 0) is 47.5 Å². The first-order valence-corrected chi connectivity index (χ1v) is 10.2. The molecular formula is C20H32N4O4. The molecule has 8 heteroatoms. The summed E-state index contributed by atoms with van der Waals surface area (Å²) in [6.07, 6.45) is 2.03. The van der Waals surface area contributed by atoms with Crippen LogP contribution in [0.4, 0.5) is 9.59 Å². The molecule has 28 heavy (non-hydrogen) atoms. The molecule has 2 amide bonds. The van der Waals surface area contributed by atoms with Crippen LogP contribution in [0, 0.1) is 6.92 Å². The number of hydrogen-bond donors (Lipinski definition) is 0. The Bertz CT molecular complexity index is 729. The number of ether oxygens (including phenoxy) is 2. The molecule has 0 atom stereocenters. The molecule has 156 valence electrons. The van der Waals surface area contributed by atoms with Gasteiger partial charge in [-0.1, -0.05) is 0 Å². The molecule has 0 radical (unpaired) electrons. The number of imidazole rings is 1. The molecule has 0 aromatic carbocycles. The summed E-state index contributed by atoms with van der Waals surface area (Å²) in [6, 6.07) is 0.323. The quantitative estimate of drug-likeness (QED) is 0.772. The zero-order valence-corrected chi connectivity index (χ0v) is 17.7. The van der Waals surface area contributed by atoms with Crippen molar-refractivity contribution in [3.8, 4) is 0 Å². The van der Waals surface area contributed by atoms with E-state index in [1.165, 1.54) is 5.69 Å². The van der Waals surface area contributed by atoms with Gasteiger partial charge in [-0.2, -0.15) is 0 Å². The molecule has 0 bridgehead atoms. The van der Waals surface area contributed by atoms with E-state index in [0.717, 1.165) is 30.8 Å². The van der Waals surface area contributed by atoms with Gasteiger partial charge in [0.05, 0.1) is 18.8 Å². The van der Waals surface area contributed by atoms with Crippen LogP contribution in [0.2, 0.25) is 0 Å². The molecule has 2 aliphatic rings. The molecule has 1 fully saturated rings. The predicted molar refractivity (Wildman–Crippen MR) is 104 cm³/mol. The van der Waals surface area contributed by atoms with E-state index >= 15 is 0 Å². The van der Waals surface area contributed by atoms with Crippen molar-refractivity contribution in [2.45, 2.75) is 72.1 Å². The summed E-state index contributed by atoms with van der Waals surface area (Å²) in [5.74, 6) is 0.978. The topological polar surface area (TPSA) is 76.9 Å². The number of carbonyl (C=O) groups is 2. The Morgan fingerprint density at radius 3 is 2.39 bits per heavy atom. The maximum Gasteiger partial charge on any atom is 0.410 e. The van der Waals surface area contributed by atoms with Gasteiger partial charge in [-0.3, -0.25) is 0 Å². The van der Waals surface area contributed by atoms with E-state index in [1.54, 1.807) is 9.80 Å². The number of rotatable bonds is 2. The third kappa shape index (κ3) is 4.42. The van der Waals surface area contributed by atoms with Gasteiger partial charge in [0.25, 0.3) is 0 Å². The first kappa shape index (κ1) is 20.5. The molecule has 0 N–H and O–H groups in total. The summed E-state index contributed by atoms with van der Waals surface area (Å²) in [7, 11) is 0. The summed E-state index contributed by atoms with van der Waals surface area (Å²) in [5.41, 5.74) is 1.71. The van der Waals surface area contributed by atoms with E-state index in [-0.39, 0.29) is 12.2 Å². The van der Waals surface area contributed by atoms with Crippen molar-refractivity contribution in [1.29, 1.82) is 0 Å². The molecule has 0 saturated carbocycles. The highest BCUT2D eigenvalue weighted by atomic mass is 16.6. The minimum atomic E-state index is -0.473. The Kier molecular flexibility index (Phi) is 5.86. The van der Waals surface area contributed by atoms with E-state index in [2.05, 4.69) is 4.57 Å². The third-order valence-electron chi connectivity index (χ3n) is 5.24. The average molecular weight is 393 g/mol. The molecule has 1 saturated heterocycles. The van der Waals surface area contributed by atoms with E-state index < -0.39 is 5.60 Å². The fourth-order valence-electron chi connectivity index (χ4n) is 4.03. The second-order valence-corrected chi connectivity index (χ2v) is 8.49. The Labute approximate surface area is 166 Å². The smallest absolute Gasteiger partial charge is 0.410 e. The monoisotopic (exact) mass is 392 g/mol. The predicted octanol–water partition coefficient (Wildman–Crippen LogP) is 3.28. The van der Waals surface area contributed by atoms with Gasteiger partial charge in [0.15, 0.2) is 0 Å². The molecule has 3 heterocycles.